The first-order chi connectivity index (χ1) is 18.6. The average molecular weight is 519 g/mol. The van der Waals surface area contributed by atoms with Gasteiger partial charge in [0.05, 0.1) is 11.8 Å². The van der Waals surface area contributed by atoms with Crippen LogP contribution >= 0.6 is 0 Å². The molecule has 38 heavy (non-hydrogen) atoms. The molecule has 7 rings (SSSR count). The highest BCUT2D eigenvalue weighted by atomic mass is 19.1. The van der Waals surface area contributed by atoms with Crippen molar-refractivity contribution in [3.05, 3.63) is 64.8 Å². The number of hydrogen-bond donors (Lipinski definition) is 0. The SMILES string of the molecule is O=c1c2ccc(OC[C@H]3CCCO3)cc2ccn1-c1ccc(O[C@H]2C[C@H]3CC[C@@H](C2)N3CC2CC2)c(F)c1. The smallest absolute Gasteiger partial charge is 0.262 e. The van der Waals surface area contributed by atoms with Crippen LogP contribution < -0.4 is 15.0 Å². The Morgan fingerprint density at radius 2 is 1.82 bits per heavy atom. The Kier molecular flexibility index (Phi) is 6.36. The van der Waals surface area contributed by atoms with Crippen molar-refractivity contribution in [2.45, 2.75) is 75.7 Å². The molecule has 4 atom stereocenters. The molecule has 4 fully saturated rings. The van der Waals surface area contributed by atoms with Crippen LogP contribution in [0.5, 0.6) is 11.5 Å². The van der Waals surface area contributed by atoms with Crippen LogP contribution in [0.4, 0.5) is 4.39 Å². The van der Waals surface area contributed by atoms with Crippen molar-refractivity contribution in [3.63, 3.8) is 0 Å². The van der Waals surface area contributed by atoms with E-state index in [-0.39, 0.29) is 23.5 Å². The second-order valence-corrected chi connectivity index (χ2v) is 11.5. The Hall–Kier alpha value is -2.90. The third-order valence-corrected chi connectivity index (χ3v) is 8.83. The third-order valence-electron chi connectivity index (χ3n) is 8.83. The summed E-state index contributed by atoms with van der Waals surface area (Å²) >= 11 is 0. The Bertz CT molecular complexity index is 1370. The number of nitrogens with zero attached hydrogens (tertiary/aromatic N) is 2. The molecule has 0 spiro atoms. The van der Waals surface area contributed by atoms with Crippen LogP contribution in [0.25, 0.3) is 16.5 Å². The first-order valence-electron chi connectivity index (χ1n) is 14.2. The Balaban J connectivity index is 1.04. The average Bonchev–Trinajstić information content (AvgIpc) is 3.52. The fourth-order valence-electron chi connectivity index (χ4n) is 6.62. The van der Waals surface area contributed by atoms with Gasteiger partial charge in [-0.1, -0.05) is 0 Å². The van der Waals surface area contributed by atoms with Gasteiger partial charge in [0.2, 0.25) is 0 Å². The molecule has 4 heterocycles. The van der Waals surface area contributed by atoms with Crippen LogP contribution in [0.2, 0.25) is 0 Å². The number of pyridine rings is 1. The zero-order valence-electron chi connectivity index (χ0n) is 21.7. The zero-order chi connectivity index (χ0) is 25.6. The van der Waals surface area contributed by atoms with E-state index in [4.69, 9.17) is 14.2 Å². The van der Waals surface area contributed by atoms with Crippen molar-refractivity contribution in [3.8, 4) is 17.2 Å². The summed E-state index contributed by atoms with van der Waals surface area (Å²) < 4.78 is 34.4. The Labute approximate surface area is 222 Å². The van der Waals surface area contributed by atoms with E-state index < -0.39 is 5.82 Å². The van der Waals surface area contributed by atoms with E-state index in [9.17, 15) is 4.79 Å². The molecule has 2 bridgehead atoms. The summed E-state index contributed by atoms with van der Waals surface area (Å²) in [6, 6.07) is 13.3. The summed E-state index contributed by atoms with van der Waals surface area (Å²) in [7, 11) is 0. The van der Waals surface area contributed by atoms with Crippen molar-refractivity contribution >= 4 is 10.8 Å². The molecule has 3 saturated heterocycles. The van der Waals surface area contributed by atoms with Gasteiger partial charge in [-0.2, -0.15) is 0 Å². The first-order valence-corrected chi connectivity index (χ1v) is 14.2. The maximum absolute atomic E-state index is 15.2. The van der Waals surface area contributed by atoms with Gasteiger partial charge >= 0.3 is 0 Å². The number of fused-ring (bicyclic) bond motifs is 3. The minimum atomic E-state index is -0.430. The van der Waals surface area contributed by atoms with Crippen LogP contribution in [-0.4, -0.2) is 53.5 Å². The topological polar surface area (TPSA) is 52.9 Å². The van der Waals surface area contributed by atoms with E-state index in [0.29, 0.717) is 35.5 Å². The zero-order valence-corrected chi connectivity index (χ0v) is 21.7. The van der Waals surface area contributed by atoms with Crippen molar-refractivity contribution in [1.82, 2.24) is 9.47 Å². The van der Waals surface area contributed by atoms with Crippen LogP contribution in [0, 0.1) is 11.7 Å². The maximum atomic E-state index is 15.2. The van der Waals surface area contributed by atoms with E-state index in [0.717, 1.165) is 43.6 Å². The third kappa shape index (κ3) is 4.82. The molecule has 1 saturated carbocycles. The second kappa shape index (κ2) is 10.0. The molecule has 200 valence electrons. The summed E-state index contributed by atoms with van der Waals surface area (Å²) in [5, 5.41) is 1.35. The highest BCUT2D eigenvalue weighted by Crippen LogP contribution is 2.41. The number of ether oxygens (including phenoxy) is 3. The van der Waals surface area contributed by atoms with Crippen molar-refractivity contribution in [2.24, 2.45) is 5.92 Å². The molecule has 1 aromatic heterocycles. The fraction of sp³-hybridized carbons (Fsp3) is 0.516. The molecule has 3 aromatic rings. The van der Waals surface area contributed by atoms with Gasteiger partial charge in [0, 0.05) is 42.9 Å². The molecular formula is C31H35FN2O4. The molecular weight excluding hydrogens is 483 g/mol. The summed E-state index contributed by atoms with van der Waals surface area (Å²) in [6.07, 6.45) is 11.1. The van der Waals surface area contributed by atoms with Crippen LogP contribution in [0.15, 0.2) is 53.5 Å². The van der Waals surface area contributed by atoms with Crippen LogP contribution in [-0.2, 0) is 4.74 Å². The molecule has 0 amide bonds. The molecule has 0 N–H and O–H groups in total. The van der Waals surface area contributed by atoms with E-state index in [1.807, 2.05) is 18.2 Å². The minimum absolute atomic E-state index is 0.0448. The summed E-state index contributed by atoms with van der Waals surface area (Å²) in [5.41, 5.74) is 0.292. The van der Waals surface area contributed by atoms with Gasteiger partial charge in [-0.25, -0.2) is 4.39 Å². The molecule has 0 radical (unpaired) electrons. The summed E-state index contributed by atoms with van der Waals surface area (Å²) in [4.78, 5) is 16.0. The predicted octanol–water partition coefficient (Wildman–Crippen LogP) is 5.47. The molecule has 4 aliphatic rings. The van der Waals surface area contributed by atoms with Gasteiger partial charge in [0.1, 0.15) is 18.5 Å². The lowest BCUT2D eigenvalue weighted by atomic mass is 9.99. The lowest BCUT2D eigenvalue weighted by Crippen LogP contribution is -2.47. The summed E-state index contributed by atoms with van der Waals surface area (Å²) in [5.74, 6) is 1.45. The molecule has 7 heteroatoms. The number of piperidine rings is 1. The number of benzene rings is 2. The van der Waals surface area contributed by atoms with E-state index in [2.05, 4.69) is 4.90 Å². The second-order valence-electron chi connectivity index (χ2n) is 11.5. The largest absolute Gasteiger partial charge is 0.491 e. The molecule has 0 unspecified atom stereocenters. The molecule has 1 aliphatic carbocycles. The monoisotopic (exact) mass is 518 g/mol. The number of rotatable bonds is 8. The fourth-order valence-corrected chi connectivity index (χ4v) is 6.62. The van der Waals surface area contributed by atoms with Crippen molar-refractivity contribution in [2.75, 3.05) is 19.8 Å². The first kappa shape index (κ1) is 24.2. The maximum Gasteiger partial charge on any atom is 0.262 e. The van der Waals surface area contributed by atoms with Crippen molar-refractivity contribution in [1.29, 1.82) is 0 Å². The Morgan fingerprint density at radius 1 is 0.974 bits per heavy atom. The lowest BCUT2D eigenvalue weighted by Gasteiger charge is -2.39. The summed E-state index contributed by atoms with van der Waals surface area (Å²) in [6.45, 7) is 2.53. The number of hydrogen-bond acceptors (Lipinski definition) is 5. The standard InChI is InChI=1S/C31H35FN2O4/c32-29-17-24(7-10-30(29)38-27-15-22-5-6-23(16-27)34(22)18-20-3-4-20)33-12-11-21-14-25(8-9-28(21)31(33)35)37-19-26-2-1-13-36-26/h7-12,14,17,20,22-23,26-27H,1-6,13,15-16,18-19H2/t22-,23+,26-,27+/m1/s1. The highest BCUT2D eigenvalue weighted by molar-refractivity contribution is 5.83. The Morgan fingerprint density at radius 3 is 2.55 bits per heavy atom. The van der Waals surface area contributed by atoms with Gasteiger partial charge in [-0.15, -0.1) is 0 Å². The quantitative estimate of drug-likeness (QED) is 0.396. The van der Waals surface area contributed by atoms with Crippen LogP contribution in [0.3, 0.4) is 0 Å². The van der Waals surface area contributed by atoms with Crippen molar-refractivity contribution < 1.29 is 18.6 Å². The van der Waals surface area contributed by atoms with Gasteiger partial charge in [-0.3, -0.25) is 14.3 Å². The van der Waals surface area contributed by atoms with Gasteiger partial charge in [0.15, 0.2) is 11.6 Å². The lowest BCUT2D eigenvalue weighted by molar-refractivity contribution is 0.0446. The molecule has 2 aromatic carbocycles. The highest BCUT2D eigenvalue weighted by Gasteiger charge is 2.43. The minimum Gasteiger partial charge on any atom is -0.491 e. The van der Waals surface area contributed by atoms with E-state index >= 15 is 4.39 Å². The normalized spacial score (nSPS) is 27.2. The number of halogens is 1. The molecule has 3 aliphatic heterocycles. The van der Waals surface area contributed by atoms with Gasteiger partial charge < -0.3 is 14.2 Å². The van der Waals surface area contributed by atoms with E-state index in [1.54, 1.807) is 24.4 Å². The van der Waals surface area contributed by atoms with Gasteiger partial charge in [0.25, 0.3) is 5.56 Å². The van der Waals surface area contributed by atoms with Crippen LogP contribution in [0.1, 0.15) is 51.4 Å². The molecule has 6 nitrogen and oxygen atoms in total. The van der Waals surface area contributed by atoms with E-state index in [1.165, 1.54) is 42.9 Å². The predicted molar refractivity (Wildman–Crippen MR) is 144 cm³/mol. The number of aromatic nitrogens is 1. The van der Waals surface area contributed by atoms with Gasteiger partial charge in [-0.05, 0) is 99.1 Å².